The Morgan fingerprint density at radius 2 is 1.97 bits per heavy atom. The number of thioether (sulfide) groups is 1. The van der Waals surface area contributed by atoms with Crippen LogP contribution < -0.4 is 5.32 Å². The third-order valence-electron chi connectivity index (χ3n) is 5.44. The first-order valence-electron chi connectivity index (χ1n) is 9.70. The molecule has 34 heavy (non-hydrogen) atoms. The summed E-state index contributed by atoms with van der Waals surface area (Å²) >= 11 is 4.89. The highest BCUT2D eigenvalue weighted by Crippen LogP contribution is 2.49. The standard InChI is InChI=1S/C20H17F6N3O3S2/c1-11-10-27-4-3-12(11)7-13-8-14(9-15(33)18(13,2)34-20(24,25)26)29(6-5-28-17(29)31)32-16(30)19(21,22)23/h3-4,8-10H,5-7H2,1-2H3/p+1. The number of urea groups is 1. The fraction of sp³-hybridized carbons (Fsp3) is 0.400. The van der Waals surface area contributed by atoms with E-state index in [1.807, 2.05) is 0 Å². The van der Waals surface area contributed by atoms with Crippen LogP contribution in [0, 0.1) is 6.92 Å². The van der Waals surface area contributed by atoms with Crippen molar-refractivity contribution in [2.24, 2.45) is 0 Å². The minimum absolute atomic E-state index is 0.0692. The van der Waals surface area contributed by atoms with Gasteiger partial charge in [-0.25, -0.2) is 9.59 Å². The summed E-state index contributed by atoms with van der Waals surface area (Å²) in [5.74, 6) is -2.62. The molecule has 1 aromatic heterocycles. The number of pyridine rings is 1. The monoisotopic (exact) mass is 526 g/mol. The van der Waals surface area contributed by atoms with E-state index >= 15 is 0 Å². The molecule has 2 unspecified atom stereocenters. The molecule has 0 spiro atoms. The van der Waals surface area contributed by atoms with Crippen molar-refractivity contribution < 1.29 is 45.4 Å². The van der Waals surface area contributed by atoms with Crippen LogP contribution in [0.5, 0.6) is 0 Å². The number of hydrogen-bond acceptors (Lipinski definition) is 6. The van der Waals surface area contributed by atoms with Gasteiger partial charge in [0.2, 0.25) is 0 Å². The molecule has 14 heteroatoms. The van der Waals surface area contributed by atoms with E-state index < -0.39 is 39.6 Å². The van der Waals surface area contributed by atoms with Crippen molar-refractivity contribution in [1.29, 1.82) is 0 Å². The Hall–Kier alpha value is -2.45. The van der Waals surface area contributed by atoms with E-state index in [4.69, 9.17) is 12.2 Å². The summed E-state index contributed by atoms with van der Waals surface area (Å²) in [5.41, 5.74) is -3.64. The van der Waals surface area contributed by atoms with Gasteiger partial charge in [0, 0.05) is 29.4 Å². The van der Waals surface area contributed by atoms with Crippen LogP contribution in [0.4, 0.5) is 31.1 Å². The van der Waals surface area contributed by atoms with Crippen LogP contribution in [0.2, 0.25) is 0 Å². The van der Waals surface area contributed by atoms with Crippen molar-refractivity contribution in [3.63, 3.8) is 0 Å². The smallest absolute Gasteiger partial charge is 0.296 e. The van der Waals surface area contributed by atoms with E-state index in [0.717, 1.165) is 12.2 Å². The molecular formula is C20H18F6N3O3S2+. The molecule has 3 rings (SSSR count). The van der Waals surface area contributed by atoms with Gasteiger partial charge in [-0.3, -0.25) is 15.1 Å². The lowest BCUT2D eigenvalue weighted by Gasteiger charge is -2.37. The molecule has 0 aromatic carbocycles. The normalized spacial score (nSPS) is 25.5. The molecule has 2 amide bonds. The second-order valence-electron chi connectivity index (χ2n) is 7.73. The number of quaternary nitrogens is 1. The number of rotatable bonds is 5. The van der Waals surface area contributed by atoms with Gasteiger partial charge in [0.15, 0.2) is 12.2 Å². The minimum Gasteiger partial charge on any atom is -0.296 e. The molecule has 6 nitrogen and oxygen atoms in total. The third-order valence-corrected chi connectivity index (χ3v) is 7.22. The van der Waals surface area contributed by atoms with E-state index in [1.165, 1.54) is 19.3 Å². The van der Waals surface area contributed by atoms with Gasteiger partial charge in [0.25, 0.3) is 0 Å². The van der Waals surface area contributed by atoms with Crippen molar-refractivity contribution in [2.75, 3.05) is 13.1 Å². The van der Waals surface area contributed by atoms with Gasteiger partial charge >= 0.3 is 23.7 Å². The largest absolute Gasteiger partial charge is 0.497 e. The van der Waals surface area contributed by atoms with Gasteiger partial charge in [-0.05, 0) is 59.4 Å². The summed E-state index contributed by atoms with van der Waals surface area (Å²) in [5, 5.41) is 2.29. The van der Waals surface area contributed by atoms with Crippen LogP contribution in [0.15, 0.2) is 41.9 Å². The maximum atomic E-state index is 13.5. The molecule has 1 aliphatic heterocycles. The van der Waals surface area contributed by atoms with Crippen LogP contribution in [0.25, 0.3) is 0 Å². The number of nitrogens with zero attached hydrogens (tertiary/aromatic N) is 2. The molecular weight excluding hydrogens is 508 g/mol. The molecule has 2 atom stereocenters. The zero-order chi connectivity index (χ0) is 25.5. The highest BCUT2D eigenvalue weighted by molar-refractivity contribution is 8.03. The van der Waals surface area contributed by atoms with E-state index in [2.05, 4.69) is 15.1 Å². The summed E-state index contributed by atoms with van der Waals surface area (Å²) in [6.07, 6.45) is -0.364. The summed E-state index contributed by atoms with van der Waals surface area (Å²) < 4.78 is 75.9. The summed E-state index contributed by atoms with van der Waals surface area (Å²) in [4.78, 5) is 32.5. The number of hydroxylamine groups is 3. The van der Waals surface area contributed by atoms with Crippen LogP contribution in [-0.4, -0.2) is 56.0 Å². The first kappa shape index (κ1) is 26.2. The Morgan fingerprint density at radius 3 is 2.50 bits per heavy atom. The van der Waals surface area contributed by atoms with E-state index in [0.29, 0.717) is 11.1 Å². The number of allylic oxidation sites excluding steroid dienone is 2. The van der Waals surface area contributed by atoms with Crippen molar-refractivity contribution in [2.45, 2.75) is 36.7 Å². The topological polar surface area (TPSA) is 68.3 Å². The summed E-state index contributed by atoms with van der Waals surface area (Å²) in [7, 11) is 0. The highest BCUT2D eigenvalue weighted by atomic mass is 32.2. The number of halogens is 6. The van der Waals surface area contributed by atoms with Crippen molar-refractivity contribution >= 4 is 40.8 Å². The molecule has 184 valence electrons. The molecule has 0 saturated carbocycles. The lowest BCUT2D eigenvalue weighted by atomic mass is 9.85. The molecule has 1 N–H and O–H groups in total. The van der Waals surface area contributed by atoms with Crippen LogP contribution in [-0.2, 0) is 16.1 Å². The Kier molecular flexibility index (Phi) is 6.90. The van der Waals surface area contributed by atoms with E-state index in [-0.39, 0.29) is 40.9 Å². The Morgan fingerprint density at radius 1 is 1.29 bits per heavy atom. The summed E-state index contributed by atoms with van der Waals surface area (Å²) in [6, 6.07) is 0.515. The second-order valence-corrected chi connectivity index (χ2v) is 9.66. The molecule has 1 saturated heterocycles. The molecule has 1 aromatic rings. The zero-order valence-electron chi connectivity index (χ0n) is 17.7. The maximum Gasteiger partial charge on any atom is 0.497 e. The Balaban J connectivity index is 2.14. The first-order chi connectivity index (χ1) is 15.6. The lowest BCUT2D eigenvalue weighted by molar-refractivity contribution is -0.984. The fourth-order valence-corrected chi connectivity index (χ4v) is 4.86. The van der Waals surface area contributed by atoms with Crippen molar-refractivity contribution in [3.8, 4) is 0 Å². The van der Waals surface area contributed by atoms with Crippen LogP contribution in [0.1, 0.15) is 18.1 Å². The zero-order valence-corrected chi connectivity index (χ0v) is 19.3. The molecule has 2 aliphatic rings. The van der Waals surface area contributed by atoms with Gasteiger partial charge < -0.3 is 0 Å². The molecule has 0 bridgehead atoms. The predicted octanol–water partition coefficient (Wildman–Crippen LogP) is 4.70. The van der Waals surface area contributed by atoms with Gasteiger partial charge in [0.1, 0.15) is 0 Å². The number of hydrogen-bond donors (Lipinski definition) is 1. The SMILES string of the molecule is Cc1cnccc1CC1=CC([N+]2(OC(=O)C(F)(F)F)CCNC2=O)=CC(=S)C1(C)SC(F)(F)F. The van der Waals surface area contributed by atoms with E-state index in [1.54, 1.807) is 13.0 Å². The lowest BCUT2D eigenvalue weighted by Crippen LogP contribution is -2.54. The number of aromatic nitrogens is 1. The highest BCUT2D eigenvalue weighted by Gasteiger charge is 2.57. The average Bonchev–Trinajstić information content (AvgIpc) is 3.06. The minimum atomic E-state index is -5.40. The van der Waals surface area contributed by atoms with Crippen molar-refractivity contribution in [1.82, 2.24) is 10.3 Å². The molecule has 2 heterocycles. The first-order valence-corrected chi connectivity index (χ1v) is 10.9. The average molecular weight is 527 g/mol. The van der Waals surface area contributed by atoms with Crippen LogP contribution >= 0.6 is 24.0 Å². The number of alkyl halides is 6. The number of nitrogens with one attached hydrogen (secondary N) is 1. The van der Waals surface area contributed by atoms with E-state index in [9.17, 15) is 35.9 Å². The van der Waals surface area contributed by atoms with Gasteiger partial charge in [-0.15, -0.1) is 0 Å². The van der Waals surface area contributed by atoms with Gasteiger partial charge in [-0.1, -0.05) is 12.2 Å². The quantitative estimate of drug-likeness (QED) is 0.341. The number of amides is 2. The molecule has 1 aliphatic carbocycles. The molecule has 0 radical (unpaired) electrons. The van der Waals surface area contributed by atoms with Gasteiger partial charge in [0.05, 0.1) is 11.3 Å². The third kappa shape index (κ3) is 5.13. The number of aryl methyl sites for hydroxylation is 1. The molecule has 1 fully saturated rings. The Labute approximate surface area is 199 Å². The summed E-state index contributed by atoms with van der Waals surface area (Å²) in [6.45, 7) is 2.41. The van der Waals surface area contributed by atoms with Crippen molar-refractivity contribution in [3.05, 3.63) is 53.0 Å². The Bertz CT molecular complexity index is 1100. The van der Waals surface area contributed by atoms with Crippen LogP contribution in [0.3, 0.4) is 0 Å². The maximum absolute atomic E-state index is 13.5. The number of carbonyl (C=O) groups is 2. The fourth-order valence-electron chi connectivity index (χ4n) is 3.60. The van der Waals surface area contributed by atoms with Gasteiger partial charge in [-0.2, -0.15) is 26.3 Å². The predicted molar refractivity (Wildman–Crippen MR) is 114 cm³/mol. The second kappa shape index (κ2) is 8.96. The number of thiocarbonyl (C=S) groups is 1. The number of carbonyl (C=O) groups excluding carboxylic acids is 2.